The molecule has 0 rings (SSSR count). The number of esters is 1. The third kappa shape index (κ3) is 32.7. The highest BCUT2D eigenvalue weighted by molar-refractivity contribution is 5.87. The molecule has 0 saturated carbocycles. The third-order valence-electron chi connectivity index (χ3n) is 3.39. The van der Waals surface area contributed by atoms with Crippen LogP contribution in [-0.2, 0) is 23.9 Å². The number of carbonyl (C=O) groups is 4. The number of carbonyl (C=O) groups excluding carboxylic acids is 1. The Balaban J connectivity index is -0.000000108. The maximum Gasteiger partial charge on any atom is 0.337 e. The molecule has 0 radical (unpaired) electrons. The summed E-state index contributed by atoms with van der Waals surface area (Å²) in [7, 11) is 0. The van der Waals surface area contributed by atoms with Crippen LogP contribution in [0.25, 0.3) is 0 Å². The molecule has 0 aliphatic carbocycles. The Morgan fingerprint density at radius 2 is 0.914 bits per heavy atom. The van der Waals surface area contributed by atoms with E-state index < -0.39 is 29.3 Å². The summed E-state index contributed by atoms with van der Waals surface area (Å²) in [5.74, 6) is -3.24. The summed E-state index contributed by atoms with van der Waals surface area (Å²) >= 11 is 0. The Morgan fingerprint density at radius 3 is 0.943 bits per heavy atom. The highest BCUT2D eigenvalue weighted by Gasteiger charge is 2.24. The summed E-state index contributed by atoms with van der Waals surface area (Å²) < 4.78 is 4.33. The standard InChI is InChI=1S/C6H14O3.C6H8O2.3C4H6O2/c1-2-6(3-7,4-8)5-9;1-4-8-6(7)5(2)3;3*1-3(2)4(5)6/h7-9H,2-5H2,1H3;4H,1-2H2,3H3;3*1H2,2H3,(H,5,6). The zero-order chi connectivity index (χ0) is 29.4. The normalized spacial score (nSPS) is 8.69. The van der Waals surface area contributed by atoms with Crippen molar-refractivity contribution in [1.29, 1.82) is 0 Å². The predicted octanol–water partition coefficient (Wildman–Crippen LogP) is 2.55. The zero-order valence-electron chi connectivity index (χ0n) is 21.2. The van der Waals surface area contributed by atoms with E-state index in [4.69, 9.17) is 30.6 Å². The van der Waals surface area contributed by atoms with Crippen molar-refractivity contribution in [2.45, 2.75) is 41.0 Å². The number of carboxylic acids is 3. The number of aliphatic hydroxyl groups is 3. The largest absolute Gasteiger partial charge is 0.478 e. The Labute approximate surface area is 206 Å². The van der Waals surface area contributed by atoms with E-state index in [-0.39, 0.29) is 36.5 Å². The molecule has 0 amide bonds. The average molecular weight is 505 g/mol. The first-order chi connectivity index (χ1) is 15.9. The Bertz CT molecular complexity index is 619. The van der Waals surface area contributed by atoms with Crippen molar-refractivity contribution < 1.29 is 54.6 Å². The molecule has 6 N–H and O–H groups in total. The van der Waals surface area contributed by atoms with Crippen LogP contribution in [0.3, 0.4) is 0 Å². The maximum atomic E-state index is 10.3. The molecule has 0 fully saturated rings. The molecule has 11 heteroatoms. The fourth-order valence-corrected chi connectivity index (χ4v) is 0.662. The Kier molecular flexibility index (Phi) is 29.9. The van der Waals surface area contributed by atoms with Crippen LogP contribution in [0.2, 0.25) is 0 Å². The first-order valence-corrected chi connectivity index (χ1v) is 9.82. The zero-order valence-corrected chi connectivity index (χ0v) is 21.2. The first-order valence-electron chi connectivity index (χ1n) is 9.82. The van der Waals surface area contributed by atoms with Gasteiger partial charge in [-0.2, -0.15) is 0 Å². The van der Waals surface area contributed by atoms with Crippen molar-refractivity contribution in [2.24, 2.45) is 5.41 Å². The van der Waals surface area contributed by atoms with E-state index in [1.165, 1.54) is 20.8 Å². The van der Waals surface area contributed by atoms with Crippen molar-refractivity contribution in [2.75, 3.05) is 19.8 Å². The highest BCUT2D eigenvalue weighted by atomic mass is 16.5. The van der Waals surface area contributed by atoms with Gasteiger partial charge in [0.15, 0.2) is 0 Å². The minimum absolute atomic E-state index is 0.156. The van der Waals surface area contributed by atoms with Crippen molar-refractivity contribution >= 4 is 23.9 Å². The number of hydrogen-bond acceptors (Lipinski definition) is 8. The molecule has 0 aromatic heterocycles. The van der Waals surface area contributed by atoms with E-state index in [1.807, 2.05) is 6.92 Å². The van der Waals surface area contributed by atoms with E-state index in [1.54, 1.807) is 6.92 Å². The molecule has 0 aromatic rings. The van der Waals surface area contributed by atoms with Crippen molar-refractivity contribution in [3.8, 4) is 0 Å². The number of hydrogen-bond donors (Lipinski definition) is 6. The van der Waals surface area contributed by atoms with Crippen LogP contribution in [-0.4, -0.2) is 74.3 Å². The van der Waals surface area contributed by atoms with Gasteiger partial charge in [0, 0.05) is 27.7 Å². The summed E-state index contributed by atoms with van der Waals surface area (Å²) in [4.78, 5) is 39.1. The van der Waals surface area contributed by atoms with Crippen molar-refractivity contribution in [1.82, 2.24) is 0 Å². The summed E-state index contributed by atoms with van der Waals surface area (Å²) in [5.41, 5.74) is 0.241. The number of ether oxygens (including phenoxy) is 1. The van der Waals surface area contributed by atoms with Gasteiger partial charge in [-0.25, -0.2) is 19.2 Å². The van der Waals surface area contributed by atoms with Gasteiger partial charge in [-0.05, 0) is 34.1 Å². The smallest absolute Gasteiger partial charge is 0.337 e. The molecule has 35 heavy (non-hydrogen) atoms. The molecule has 0 saturated heterocycles. The molecule has 0 spiro atoms. The second-order valence-electron chi connectivity index (χ2n) is 6.94. The van der Waals surface area contributed by atoms with Crippen LogP contribution in [0.4, 0.5) is 0 Å². The molecule has 0 aromatic carbocycles. The Hall–Kier alpha value is -3.54. The van der Waals surface area contributed by atoms with Crippen LogP contribution < -0.4 is 0 Å². The summed E-state index contributed by atoms with van der Waals surface area (Å²) in [6.07, 6.45) is 1.67. The van der Waals surface area contributed by atoms with Crippen molar-refractivity contribution in [3.05, 3.63) is 61.4 Å². The number of aliphatic hydroxyl groups excluding tert-OH is 3. The molecule has 0 unspecified atom stereocenters. The number of aliphatic carboxylic acids is 3. The minimum Gasteiger partial charge on any atom is -0.478 e. The lowest BCUT2D eigenvalue weighted by molar-refractivity contribution is -0.134. The summed E-state index contributed by atoms with van der Waals surface area (Å²) in [5, 5.41) is 49.6. The monoisotopic (exact) mass is 504 g/mol. The van der Waals surface area contributed by atoms with Gasteiger partial charge in [-0.15, -0.1) is 0 Å². The fourth-order valence-electron chi connectivity index (χ4n) is 0.662. The summed E-state index contributed by atoms with van der Waals surface area (Å²) in [6.45, 7) is 23.3. The molecule has 0 bridgehead atoms. The lowest BCUT2D eigenvalue weighted by Gasteiger charge is -2.24. The van der Waals surface area contributed by atoms with Gasteiger partial charge in [0.05, 0.1) is 26.1 Å². The Morgan fingerprint density at radius 1 is 0.686 bits per heavy atom. The molecule has 0 heterocycles. The maximum absolute atomic E-state index is 10.3. The molecular weight excluding hydrogens is 464 g/mol. The van der Waals surface area contributed by atoms with Gasteiger partial charge in [-0.3, -0.25) is 0 Å². The van der Waals surface area contributed by atoms with Crippen molar-refractivity contribution in [3.63, 3.8) is 0 Å². The van der Waals surface area contributed by atoms with Crippen LogP contribution in [0, 0.1) is 5.41 Å². The molecule has 0 atom stereocenters. The van der Waals surface area contributed by atoms with Gasteiger partial charge >= 0.3 is 23.9 Å². The average Bonchev–Trinajstić information content (AvgIpc) is 2.77. The number of rotatable bonds is 9. The van der Waals surface area contributed by atoms with Gasteiger partial charge < -0.3 is 35.4 Å². The van der Waals surface area contributed by atoms with Crippen LogP contribution >= 0.6 is 0 Å². The van der Waals surface area contributed by atoms with Gasteiger partial charge in [0.2, 0.25) is 0 Å². The topological polar surface area (TPSA) is 199 Å². The second-order valence-corrected chi connectivity index (χ2v) is 6.94. The minimum atomic E-state index is -0.935. The molecule has 202 valence electrons. The third-order valence-corrected chi connectivity index (χ3v) is 3.39. The summed E-state index contributed by atoms with van der Waals surface area (Å²) in [6, 6.07) is 0. The van der Waals surface area contributed by atoms with E-state index in [2.05, 4.69) is 37.6 Å². The van der Waals surface area contributed by atoms with Crippen LogP contribution in [0.15, 0.2) is 61.4 Å². The predicted molar refractivity (Wildman–Crippen MR) is 132 cm³/mol. The van der Waals surface area contributed by atoms with Gasteiger partial charge in [-0.1, -0.05) is 39.8 Å². The lowest BCUT2D eigenvalue weighted by Crippen LogP contribution is -2.32. The van der Waals surface area contributed by atoms with Crippen LogP contribution in [0.1, 0.15) is 41.0 Å². The quantitative estimate of drug-likeness (QED) is 0.153. The highest BCUT2D eigenvalue weighted by Crippen LogP contribution is 2.18. The van der Waals surface area contributed by atoms with E-state index in [0.29, 0.717) is 12.0 Å². The molecule has 0 aliphatic rings. The van der Waals surface area contributed by atoms with E-state index >= 15 is 0 Å². The van der Waals surface area contributed by atoms with Crippen LogP contribution in [0.5, 0.6) is 0 Å². The second kappa shape index (κ2) is 25.1. The number of carboxylic acid groups (broad SMARTS) is 3. The fraction of sp³-hybridized carbons (Fsp3) is 0.417. The molecular formula is C24H40O11. The van der Waals surface area contributed by atoms with Gasteiger partial charge in [0.1, 0.15) is 0 Å². The lowest BCUT2D eigenvalue weighted by atomic mass is 9.88. The molecule has 0 aliphatic heterocycles. The first kappa shape index (κ1) is 41.7. The van der Waals surface area contributed by atoms with E-state index in [9.17, 15) is 19.2 Å². The molecule has 11 nitrogen and oxygen atoms in total. The van der Waals surface area contributed by atoms with Gasteiger partial charge in [0.25, 0.3) is 0 Å². The SMILES string of the molecule is C=C(C)C(=O)O.C=C(C)C(=O)O.C=C(C)C(=O)O.C=COC(=O)C(=C)C.CCC(CO)(CO)CO. The van der Waals surface area contributed by atoms with E-state index in [0.717, 1.165) is 6.26 Å².